The van der Waals surface area contributed by atoms with Gasteiger partial charge in [-0.1, -0.05) is 30.3 Å². The van der Waals surface area contributed by atoms with E-state index in [4.69, 9.17) is 0 Å². The molecule has 3 aromatic rings. The van der Waals surface area contributed by atoms with Gasteiger partial charge in [0.1, 0.15) is 12.4 Å². The fourth-order valence-corrected chi connectivity index (χ4v) is 4.51. The third-order valence-corrected chi connectivity index (χ3v) is 6.49. The van der Waals surface area contributed by atoms with Crippen LogP contribution in [0.1, 0.15) is 52.0 Å². The number of benzene rings is 2. The summed E-state index contributed by atoms with van der Waals surface area (Å²) < 4.78 is 13.4. The van der Waals surface area contributed by atoms with Crippen molar-refractivity contribution in [3.05, 3.63) is 92.9 Å². The highest BCUT2D eigenvalue weighted by atomic mass is 32.1. The molecule has 1 heterocycles. The minimum atomic E-state index is -0.546. The summed E-state index contributed by atoms with van der Waals surface area (Å²) >= 11 is 1.64. The first kappa shape index (κ1) is 24.6. The molecular formula is C27H31FN2O2S. The van der Waals surface area contributed by atoms with Crippen molar-refractivity contribution in [1.82, 2.24) is 9.80 Å². The fraction of sp³-hybridized carbons (Fsp3) is 0.333. The van der Waals surface area contributed by atoms with E-state index in [1.807, 2.05) is 65.0 Å². The average molecular weight is 467 g/mol. The molecule has 174 valence electrons. The second-order valence-electron chi connectivity index (χ2n) is 9.27. The maximum atomic E-state index is 13.6. The lowest BCUT2D eigenvalue weighted by Crippen LogP contribution is -2.51. The molecule has 2 aromatic carbocycles. The quantitative estimate of drug-likeness (QED) is 0.430. The first-order valence-corrected chi connectivity index (χ1v) is 11.8. The Balaban J connectivity index is 1.87. The summed E-state index contributed by atoms with van der Waals surface area (Å²) in [6.45, 7) is 10.5. The summed E-state index contributed by atoms with van der Waals surface area (Å²) in [5, 5.41) is 0. The van der Waals surface area contributed by atoms with E-state index < -0.39 is 5.54 Å². The summed E-state index contributed by atoms with van der Waals surface area (Å²) in [7, 11) is 0. The number of carbonyl (C=O) groups excluding carboxylic acids is 2. The third kappa shape index (κ3) is 6.51. The number of aryl methyl sites for hydroxylation is 2. The molecule has 0 saturated carbocycles. The van der Waals surface area contributed by atoms with Gasteiger partial charge in [-0.2, -0.15) is 0 Å². The summed E-state index contributed by atoms with van der Waals surface area (Å²) in [4.78, 5) is 32.6. The number of thiophene rings is 1. The molecule has 0 N–H and O–H groups in total. The fourth-order valence-electron chi connectivity index (χ4n) is 3.61. The second-order valence-corrected chi connectivity index (χ2v) is 10.6. The van der Waals surface area contributed by atoms with Crippen LogP contribution in [0.2, 0.25) is 0 Å². The Labute approximate surface area is 199 Å². The van der Waals surface area contributed by atoms with Crippen LogP contribution in [0.25, 0.3) is 0 Å². The van der Waals surface area contributed by atoms with Crippen LogP contribution in [0.3, 0.4) is 0 Å². The molecule has 0 radical (unpaired) electrons. The van der Waals surface area contributed by atoms with Gasteiger partial charge in [0.15, 0.2) is 0 Å². The number of nitrogens with zero attached hydrogens (tertiary/aromatic N) is 2. The van der Waals surface area contributed by atoms with Gasteiger partial charge in [-0.05, 0) is 76.1 Å². The highest BCUT2D eigenvalue weighted by Crippen LogP contribution is 2.22. The lowest BCUT2D eigenvalue weighted by molar-refractivity contribution is -0.134. The van der Waals surface area contributed by atoms with Crippen molar-refractivity contribution >= 4 is 23.2 Å². The van der Waals surface area contributed by atoms with E-state index >= 15 is 0 Å². The predicted octanol–water partition coefficient (Wildman–Crippen LogP) is 5.97. The molecule has 0 bridgehead atoms. The average Bonchev–Trinajstić information content (AvgIpc) is 3.16. The van der Waals surface area contributed by atoms with Crippen LogP contribution in [-0.4, -0.2) is 33.7 Å². The van der Waals surface area contributed by atoms with E-state index in [0.717, 1.165) is 16.0 Å². The smallest absolute Gasteiger partial charge is 0.255 e. The van der Waals surface area contributed by atoms with E-state index in [1.165, 1.54) is 17.0 Å². The number of halogens is 1. The summed E-state index contributed by atoms with van der Waals surface area (Å²) in [5.74, 6) is -0.627. The molecule has 3 rings (SSSR count). The zero-order valence-electron chi connectivity index (χ0n) is 19.9. The SMILES string of the molecule is Cc1ccc(CN(Cc2ccc(F)cc2)C(=O)CN(C(=O)c2ccccc2C)C(C)(C)C)s1. The van der Waals surface area contributed by atoms with Gasteiger partial charge in [-0.25, -0.2) is 4.39 Å². The third-order valence-electron chi connectivity index (χ3n) is 5.51. The van der Waals surface area contributed by atoms with Crippen molar-refractivity contribution in [2.45, 2.75) is 53.2 Å². The monoisotopic (exact) mass is 466 g/mol. The van der Waals surface area contributed by atoms with E-state index in [1.54, 1.807) is 39.3 Å². The number of carbonyl (C=O) groups is 2. The van der Waals surface area contributed by atoms with E-state index in [2.05, 4.69) is 0 Å². The zero-order chi connectivity index (χ0) is 24.2. The molecule has 0 unspecified atom stereocenters. The van der Waals surface area contributed by atoms with Gasteiger partial charge in [-0.3, -0.25) is 9.59 Å². The first-order valence-electron chi connectivity index (χ1n) is 11.0. The van der Waals surface area contributed by atoms with Gasteiger partial charge in [0.25, 0.3) is 5.91 Å². The van der Waals surface area contributed by atoms with Crippen LogP contribution in [0.4, 0.5) is 4.39 Å². The standard InChI is InChI=1S/C27H31FN2O2S/c1-19-8-6-7-9-24(19)26(32)30(27(3,4)5)18-25(31)29(17-23-15-10-20(2)33-23)16-21-11-13-22(28)14-12-21/h6-15H,16-18H2,1-5H3. The predicted molar refractivity (Wildman–Crippen MR) is 132 cm³/mol. The van der Waals surface area contributed by atoms with Crippen molar-refractivity contribution in [2.24, 2.45) is 0 Å². The number of hydrogen-bond donors (Lipinski definition) is 0. The number of amides is 2. The Bertz CT molecular complexity index is 1120. The topological polar surface area (TPSA) is 40.6 Å². The van der Waals surface area contributed by atoms with Crippen molar-refractivity contribution in [3.63, 3.8) is 0 Å². The van der Waals surface area contributed by atoms with Crippen LogP contribution in [0, 0.1) is 19.7 Å². The Morgan fingerprint density at radius 1 is 0.909 bits per heavy atom. The van der Waals surface area contributed by atoms with Crippen molar-refractivity contribution in [3.8, 4) is 0 Å². The first-order chi connectivity index (χ1) is 15.5. The van der Waals surface area contributed by atoms with Gasteiger partial charge < -0.3 is 9.80 Å². The molecular weight excluding hydrogens is 435 g/mol. The lowest BCUT2D eigenvalue weighted by atomic mass is 10.0. The van der Waals surface area contributed by atoms with Gasteiger partial charge in [0.2, 0.25) is 5.91 Å². The largest absolute Gasteiger partial charge is 0.332 e. The molecule has 0 atom stereocenters. The van der Waals surface area contributed by atoms with Crippen molar-refractivity contribution in [1.29, 1.82) is 0 Å². The zero-order valence-corrected chi connectivity index (χ0v) is 20.7. The molecule has 0 aliphatic heterocycles. The molecule has 4 nitrogen and oxygen atoms in total. The van der Waals surface area contributed by atoms with Crippen LogP contribution in [0.15, 0.2) is 60.7 Å². The van der Waals surface area contributed by atoms with Crippen LogP contribution in [-0.2, 0) is 17.9 Å². The Morgan fingerprint density at radius 3 is 2.15 bits per heavy atom. The molecule has 0 saturated heterocycles. The second kappa shape index (κ2) is 10.3. The molecule has 1 aromatic heterocycles. The van der Waals surface area contributed by atoms with Gasteiger partial charge in [0, 0.05) is 27.4 Å². The van der Waals surface area contributed by atoms with E-state index in [0.29, 0.717) is 18.7 Å². The molecule has 0 fully saturated rings. The van der Waals surface area contributed by atoms with Crippen LogP contribution < -0.4 is 0 Å². The normalized spacial score (nSPS) is 11.3. The van der Waals surface area contributed by atoms with Crippen LogP contribution >= 0.6 is 11.3 Å². The van der Waals surface area contributed by atoms with Gasteiger partial charge in [-0.15, -0.1) is 11.3 Å². The molecule has 6 heteroatoms. The molecule has 33 heavy (non-hydrogen) atoms. The summed E-state index contributed by atoms with van der Waals surface area (Å²) in [6.07, 6.45) is 0. The molecule has 0 aliphatic rings. The maximum absolute atomic E-state index is 13.6. The van der Waals surface area contributed by atoms with E-state index in [9.17, 15) is 14.0 Å². The lowest BCUT2D eigenvalue weighted by Gasteiger charge is -2.37. The minimum absolute atomic E-state index is 0.0395. The van der Waals surface area contributed by atoms with Gasteiger partial charge >= 0.3 is 0 Å². The Kier molecular flexibility index (Phi) is 7.69. The number of hydrogen-bond acceptors (Lipinski definition) is 3. The summed E-state index contributed by atoms with van der Waals surface area (Å²) in [6, 6.07) is 17.7. The maximum Gasteiger partial charge on any atom is 0.255 e. The Morgan fingerprint density at radius 2 is 1.58 bits per heavy atom. The van der Waals surface area contributed by atoms with Crippen molar-refractivity contribution in [2.75, 3.05) is 6.54 Å². The molecule has 0 aliphatic carbocycles. The highest BCUT2D eigenvalue weighted by Gasteiger charge is 2.31. The van der Waals surface area contributed by atoms with Gasteiger partial charge in [0.05, 0.1) is 6.54 Å². The van der Waals surface area contributed by atoms with E-state index in [-0.39, 0.29) is 24.2 Å². The molecule has 0 spiro atoms. The Hall–Kier alpha value is -2.99. The van der Waals surface area contributed by atoms with Crippen molar-refractivity contribution < 1.29 is 14.0 Å². The number of rotatable bonds is 7. The minimum Gasteiger partial charge on any atom is -0.332 e. The summed E-state index contributed by atoms with van der Waals surface area (Å²) in [5.41, 5.74) is 1.77. The highest BCUT2D eigenvalue weighted by molar-refractivity contribution is 7.11. The molecule has 2 amide bonds. The van der Waals surface area contributed by atoms with Crippen LogP contribution in [0.5, 0.6) is 0 Å².